The average molecular weight is 293 g/mol. The first-order chi connectivity index (χ1) is 10.0. The van der Waals surface area contributed by atoms with Crippen molar-refractivity contribution in [1.29, 1.82) is 0 Å². The van der Waals surface area contributed by atoms with E-state index < -0.39 is 5.97 Å². The average Bonchev–Trinajstić information content (AvgIpc) is 2.84. The lowest BCUT2D eigenvalue weighted by atomic mass is 9.76. The molecule has 0 spiro atoms. The Morgan fingerprint density at radius 1 is 1.52 bits per heavy atom. The van der Waals surface area contributed by atoms with Crippen LogP contribution in [-0.4, -0.2) is 38.8 Å². The Bertz CT molecular complexity index is 472. The highest BCUT2D eigenvalue weighted by atomic mass is 16.4. The molecule has 5 heteroatoms. The van der Waals surface area contributed by atoms with Crippen LogP contribution in [0.2, 0.25) is 0 Å². The number of nitrogens with zero attached hydrogens (tertiary/aromatic N) is 3. The first kappa shape index (κ1) is 16.0. The van der Waals surface area contributed by atoms with Gasteiger partial charge in [0.2, 0.25) is 0 Å². The van der Waals surface area contributed by atoms with Crippen LogP contribution in [0.15, 0.2) is 12.4 Å². The maximum Gasteiger partial charge on any atom is 0.308 e. The van der Waals surface area contributed by atoms with Gasteiger partial charge in [-0.15, -0.1) is 0 Å². The molecule has 0 aromatic carbocycles. The fraction of sp³-hybridized carbons (Fsp3) is 0.750. The smallest absolute Gasteiger partial charge is 0.308 e. The Kier molecular flexibility index (Phi) is 5.39. The van der Waals surface area contributed by atoms with Crippen molar-refractivity contribution in [2.75, 3.05) is 7.05 Å². The maximum absolute atomic E-state index is 11.5. The van der Waals surface area contributed by atoms with Crippen LogP contribution in [-0.2, 0) is 18.4 Å². The third-order valence-electron chi connectivity index (χ3n) is 4.70. The van der Waals surface area contributed by atoms with Crippen LogP contribution < -0.4 is 0 Å². The van der Waals surface area contributed by atoms with Gasteiger partial charge in [0, 0.05) is 31.4 Å². The Balaban J connectivity index is 2.05. The molecule has 0 amide bonds. The van der Waals surface area contributed by atoms with Crippen LogP contribution in [0.1, 0.15) is 44.6 Å². The minimum absolute atomic E-state index is 0.132. The second kappa shape index (κ2) is 7.07. The minimum atomic E-state index is -0.645. The lowest BCUT2D eigenvalue weighted by molar-refractivity contribution is -0.146. The summed E-state index contributed by atoms with van der Waals surface area (Å²) in [4.78, 5) is 13.8. The van der Waals surface area contributed by atoms with E-state index in [0.29, 0.717) is 5.92 Å². The van der Waals surface area contributed by atoms with Gasteiger partial charge in [0.15, 0.2) is 0 Å². The van der Waals surface area contributed by atoms with E-state index in [9.17, 15) is 9.90 Å². The molecule has 1 fully saturated rings. The molecule has 1 aromatic rings. The zero-order chi connectivity index (χ0) is 15.4. The molecule has 1 aliphatic rings. The molecule has 1 aliphatic carbocycles. The highest BCUT2D eigenvalue weighted by Crippen LogP contribution is 2.35. The first-order valence-electron chi connectivity index (χ1n) is 7.91. The monoisotopic (exact) mass is 293 g/mol. The van der Waals surface area contributed by atoms with Gasteiger partial charge < -0.3 is 5.11 Å². The zero-order valence-electron chi connectivity index (χ0n) is 13.3. The van der Waals surface area contributed by atoms with E-state index in [0.717, 1.165) is 31.4 Å². The summed E-state index contributed by atoms with van der Waals surface area (Å²) in [6, 6.07) is 0.132. The van der Waals surface area contributed by atoms with Crippen molar-refractivity contribution in [3.8, 4) is 0 Å². The van der Waals surface area contributed by atoms with E-state index in [1.807, 2.05) is 26.5 Å². The van der Waals surface area contributed by atoms with E-state index in [2.05, 4.69) is 16.9 Å². The highest BCUT2D eigenvalue weighted by molar-refractivity contribution is 5.71. The van der Waals surface area contributed by atoms with Crippen LogP contribution in [0, 0.1) is 11.8 Å². The van der Waals surface area contributed by atoms with Crippen molar-refractivity contribution >= 4 is 5.97 Å². The van der Waals surface area contributed by atoms with Gasteiger partial charge in [0.1, 0.15) is 0 Å². The number of rotatable bonds is 6. The molecule has 5 nitrogen and oxygen atoms in total. The minimum Gasteiger partial charge on any atom is -0.481 e. The number of carbonyl (C=O) groups is 1. The van der Waals surface area contributed by atoms with Gasteiger partial charge in [-0.05, 0) is 32.2 Å². The highest BCUT2D eigenvalue weighted by Gasteiger charge is 2.36. The Morgan fingerprint density at radius 2 is 2.29 bits per heavy atom. The normalized spacial score (nSPS) is 26.2. The predicted molar refractivity (Wildman–Crippen MR) is 81.8 cm³/mol. The van der Waals surface area contributed by atoms with Gasteiger partial charge in [-0.1, -0.05) is 19.8 Å². The SMILES string of the molecule is CCCC1CCC(C(=O)O)C(N(C)Cc2cnn(C)c2)C1. The molecular weight excluding hydrogens is 266 g/mol. The summed E-state index contributed by atoms with van der Waals surface area (Å²) in [6.07, 6.45) is 9.12. The molecule has 1 heterocycles. The number of hydrogen-bond donors (Lipinski definition) is 1. The summed E-state index contributed by atoms with van der Waals surface area (Å²) in [6.45, 7) is 2.97. The number of carboxylic acids is 1. The van der Waals surface area contributed by atoms with Crippen LogP contribution in [0.3, 0.4) is 0 Å². The molecule has 1 saturated carbocycles. The van der Waals surface area contributed by atoms with Crippen LogP contribution in [0.4, 0.5) is 0 Å². The standard InChI is InChI=1S/C16H27N3O2/c1-4-5-12-6-7-14(16(20)21)15(8-12)18(2)10-13-9-17-19(3)11-13/h9,11-12,14-15H,4-8,10H2,1-3H3,(H,20,21). The maximum atomic E-state index is 11.5. The lowest BCUT2D eigenvalue weighted by Gasteiger charge is -2.39. The molecule has 1 aromatic heterocycles. The predicted octanol–water partition coefficient (Wildman–Crippen LogP) is 2.52. The van der Waals surface area contributed by atoms with Crippen molar-refractivity contribution < 1.29 is 9.90 Å². The second-order valence-electron chi connectivity index (χ2n) is 6.42. The molecule has 1 N–H and O–H groups in total. The van der Waals surface area contributed by atoms with Gasteiger partial charge in [0.25, 0.3) is 0 Å². The summed E-state index contributed by atoms with van der Waals surface area (Å²) in [5.74, 6) is -0.209. The van der Waals surface area contributed by atoms with Gasteiger partial charge in [-0.25, -0.2) is 0 Å². The fourth-order valence-corrected chi connectivity index (χ4v) is 3.64. The fourth-order valence-electron chi connectivity index (χ4n) is 3.64. The number of aryl methyl sites for hydroxylation is 1. The third kappa shape index (κ3) is 4.06. The molecule has 2 rings (SSSR count). The number of aromatic nitrogens is 2. The third-order valence-corrected chi connectivity index (χ3v) is 4.70. The van der Waals surface area contributed by atoms with E-state index in [1.54, 1.807) is 4.68 Å². The quantitative estimate of drug-likeness (QED) is 0.875. The molecule has 3 atom stereocenters. The van der Waals surface area contributed by atoms with Crippen molar-refractivity contribution in [2.45, 2.75) is 51.6 Å². The molecule has 0 bridgehead atoms. The van der Waals surface area contributed by atoms with Crippen molar-refractivity contribution in [3.63, 3.8) is 0 Å². The van der Waals surface area contributed by atoms with Gasteiger partial charge in [-0.2, -0.15) is 5.10 Å². The van der Waals surface area contributed by atoms with Gasteiger partial charge in [-0.3, -0.25) is 14.4 Å². The zero-order valence-corrected chi connectivity index (χ0v) is 13.3. The van der Waals surface area contributed by atoms with E-state index >= 15 is 0 Å². The van der Waals surface area contributed by atoms with E-state index in [4.69, 9.17) is 0 Å². The molecule has 0 saturated heterocycles. The second-order valence-corrected chi connectivity index (χ2v) is 6.42. The van der Waals surface area contributed by atoms with Gasteiger partial charge in [0.05, 0.1) is 12.1 Å². The van der Waals surface area contributed by atoms with Crippen molar-refractivity contribution in [1.82, 2.24) is 14.7 Å². The Morgan fingerprint density at radius 3 is 2.86 bits per heavy atom. The summed E-state index contributed by atoms with van der Waals surface area (Å²) in [5.41, 5.74) is 1.14. The largest absolute Gasteiger partial charge is 0.481 e. The Hall–Kier alpha value is -1.36. The summed E-state index contributed by atoms with van der Waals surface area (Å²) in [7, 11) is 3.95. The van der Waals surface area contributed by atoms with Crippen LogP contribution >= 0.6 is 0 Å². The van der Waals surface area contributed by atoms with E-state index in [1.165, 1.54) is 12.8 Å². The molecule has 3 unspecified atom stereocenters. The molecule has 21 heavy (non-hydrogen) atoms. The molecule has 0 radical (unpaired) electrons. The van der Waals surface area contributed by atoms with Crippen molar-refractivity contribution in [3.05, 3.63) is 18.0 Å². The van der Waals surface area contributed by atoms with E-state index in [-0.39, 0.29) is 12.0 Å². The van der Waals surface area contributed by atoms with Crippen molar-refractivity contribution in [2.24, 2.45) is 18.9 Å². The summed E-state index contributed by atoms with van der Waals surface area (Å²) >= 11 is 0. The first-order valence-corrected chi connectivity index (χ1v) is 7.91. The molecule has 118 valence electrons. The number of carboxylic acid groups (broad SMARTS) is 1. The molecule has 0 aliphatic heterocycles. The number of aliphatic carboxylic acids is 1. The Labute approximate surface area is 126 Å². The number of hydrogen-bond acceptors (Lipinski definition) is 3. The summed E-state index contributed by atoms with van der Waals surface area (Å²) < 4.78 is 1.79. The van der Waals surface area contributed by atoms with Crippen LogP contribution in [0.5, 0.6) is 0 Å². The lowest BCUT2D eigenvalue weighted by Crippen LogP contribution is -2.45. The molecular formula is C16H27N3O2. The topological polar surface area (TPSA) is 58.4 Å². The van der Waals surface area contributed by atoms with Gasteiger partial charge >= 0.3 is 5.97 Å². The summed E-state index contributed by atoms with van der Waals surface area (Å²) in [5, 5.41) is 13.7. The van der Waals surface area contributed by atoms with Crippen LogP contribution in [0.25, 0.3) is 0 Å².